The summed E-state index contributed by atoms with van der Waals surface area (Å²) in [7, 11) is 0. The molecule has 10 heteroatoms. The number of rotatable bonds is 7. The van der Waals surface area contributed by atoms with Gasteiger partial charge in [0.15, 0.2) is 0 Å². The third kappa shape index (κ3) is 5.93. The number of hydrogen-bond acceptors (Lipinski definition) is 7. The van der Waals surface area contributed by atoms with Crippen molar-refractivity contribution in [1.82, 2.24) is 15.0 Å². The summed E-state index contributed by atoms with van der Waals surface area (Å²) in [6.45, 7) is 9.19. The van der Waals surface area contributed by atoms with Gasteiger partial charge >= 0.3 is 0 Å². The van der Waals surface area contributed by atoms with Crippen molar-refractivity contribution in [2.75, 3.05) is 36.5 Å². The second-order valence-electron chi connectivity index (χ2n) is 8.94. The average Bonchev–Trinajstić information content (AvgIpc) is 2.85. The lowest BCUT2D eigenvalue weighted by atomic mass is 10.0. The van der Waals surface area contributed by atoms with E-state index >= 15 is 0 Å². The molecule has 0 atom stereocenters. The third-order valence-electron chi connectivity index (χ3n) is 5.66. The number of nitrogens with zero attached hydrogens (tertiary/aromatic N) is 4. The molecule has 1 N–H and O–H groups in total. The first kappa shape index (κ1) is 25.4. The Labute approximate surface area is 208 Å². The monoisotopic (exact) mass is 497 g/mol. The molecule has 1 aliphatic rings. The van der Waals surface area contributed by atoms with Crippen LogP contribution in [0, 0.1) is 6.92 Å². The van der Waals surface area contributed by atoms with Crippen molar-refractivity contribution in [3.8, 4) is 17.0 Å². The summed E-state index contributed by atoms with van der Waals surface area (Å²) >= 11 is 0. The number of morpholine rings is 1. The summed E-state index contributed by atoms with van der Waals surface area (Å²) in [6.07, 6.45) is 4.40. The molecule has 0 radical (unpaired) electrons. The van der Waals surface area contributed by atoms with Gasteiger partial charge in [0.1, 0.15) is 11.4 Å². The van der Waals surface area contributed by atoms with Crippen LogP contribution in [0.25, 0.3) is 11.1 Å². The van der Waals surface area contributed by atoms with Gasteiger partial charge in [-0.15, -0.1) is 0 Å². The summed E-state index contributed by atoms with van der Waals surface area (Å²) in [4.78, 5) is 27.6. The molecule has 36 heavy (non-hydrogen) atoms. The lowest BCUT2D eigenvalue weighted by molar-refractivity contribution is 0.0127. The molecular weight excluding hydrogens is 468 g/mol. The van der Waals surface area contributed by atoms with E-state index in [9.17, 15) is 13.6 Å². The van der Waals surface area contributed by atoms with Crippen molar-refractivity contribution >= 4 is 17.3 Å². The summed E-state index contributed by atoms with van der Waals surface area (Å²) in [5.74, 6) is -3.13. The van der Waals surface area contributed by atoms with Crippen LogP contribution in [-0.4, -0.2) is 53.3 Å². The van der Waals surface area contributed by atoms with Crippen LogP contribution in [0.4, 0.5) is 20.2 Å². The van der Waals surface area contributed by atoms with Gasteiger partial charge in [0.25, 0.3) is 11.8 Å². The fourth-order valence-electron chi connectivity index (χ4n) is 3.84. The van der Waals surface area contributed by atoms with Gasteiger partial charge in [0.2, 0.25) is 5.88 Å². The maximum Gasteiger partial charge on any atom is 0.286 e. The van der Waals surface area contributed by atoms with Crippen molar-refractivity contribution < 1.29 is 23.0 Å². The zero-order valence-corrected chi connectivity index (χ0v) is 20.7. The quantitative estimate of drug-likeness (QED) is 0.500. The topological polar surface area (TPSA) is 89.5 Å². The van der Waals surface area contributed by atoms with E-state index in [1.807, 2.05) is 26.8 Å². The Hall–Kier alpha value is -3.66. The van der Waals surface area contributed by atoms with Crippen LogP contribution >= 0.6 is 0 Å². The number of ether oxygens (including phenoxy) is 2. The molecule has 1 aliphatic heterocycles. The highest BCUT2D eigenvalue weighted by molar-refractivity contribution is 6.04. The molecule has 0 unspecified atom stereocenters. The molecule has 8 nitrogen and oxygen atoms in total. The van der Waals surface area contributed by atoms with Crippen molar-refractivity contribution in [3.05, 3.63) is 59.8 Å². The van der Waals surface area contributed by atoms with Gasteiger partial charge in [0.05, 0.1) is 31.2 Å². The van der Waals surface area contributed by atoms with Crippen molar-refractivity contribution in [2.24, 2.45) is 0 Å². The van der Waals surface area contributed by atoms with Crippen molar-refractivity contribution in [2.45, 2.75) is 39.7 Å². The first-order valence-corrected chi connectivity index (χ1v) is 11.7. The fourth-order valence-corrected chi connectivity index (χ4v) is 3.84. The minimum absolute atomic E-state index is 0.0357. The van der Waals surface area contributed by atoms with E-state index in [4.69, 9.17) is 9.47 Å². The lowest BCUT2D eigenvalue weighted by Gasteiger charge is -2.30. The first-order valence-electron chi connectivity index (χ1n) is 11.7. The molecule has 0 spiro atoms. The minimum atomic E-state index is -3.15. The molecule has 0 aliphatic carbocycles. The van der Waals surface area contributed by atoms with E-state index in [1.54, 1.807) is 12.3 Å². The molecule has 1 saturated heterocycles. The number of aryl methyl sites for hydroxylation is 1. The number of amides is 1. The predicted molar refractivity (Wildman–Crippen MR) is 133 cm³/mol. The summed E-state index contributed by atoms with van der Waals surface area (Å²) < 4.78 is 38.7. The molecule has 1 amide bonds. The maximum absolute atomic E-state index is 13.6. The molecule has 3 aromatic rings. The van der Waals surface area contributed by atoms with E-state index in [0.717, 1.165) is 48.6 Å². The number of nitrogens with one attached hydrogen (secondary N) is 1. The molecule has 4 rings (SSSR count). The molecular formula is C26H29F2N5O3. The van der Waals surface area contributed by atoms with Gasteiger partial charge in [-0.05, 0) is 45.0 Å². The Bertz CT molecular complexity index is 1240. The second-order valence-corrected chi connectivity index (χ2v) is 8.94. The number of hydrogen-bond donors (Lipinski definition) is 1. The van der Waals surface area contributed by atoms with Gasteiger partial charge in [-0.2, -0.15) is 8.78 Å². The zero-order chi connectivity index (χ0) is 25.9. The van der Waals surface area contributed by atoms with E-state index < -0.39 is 17.5 Å². The zero-order valence-electron chi connectivity index (χ0n) is 20.7. The normalized spacial score (nSPS) is 14.1. The molecule has 0 bridgehead atoms. The molecule has 1 fully saturated rings. The van der Waals surface area contributed by atoms with Crippen LogP contribution in [0.15, 0.2) is 42.9 Å². The van der Waals surface area contributed by atoms with Gasteiger partial charge < -0.3 is 19.7 Å². The van der Waals surface area contributed by atoms with Gasteiger partial charge in [-0.1, -0.05) is 0 Å². The van der Waals surface area contributed by atoms with Crippen LogP contribution < -0.4 is 15.0 Å². The van der Waals surface area contributed by atoms with E-state index in [0.29, 0.717) is 24.8 Å². The van der Waals surface area contributed by atoms with Gasteiger partial charge in [-0.3, -0.25) is 14.8 Å². The highest BCUT2D eigenvalue weighted by Crippen LogP contribution is 2.34. The van der Waals surface area contributed by atoms with Crippen LogP contribution in [0.3, 0.4) is 0 Å². The molecule has 4 heterocycles. The SMILES string of the molecule is Cc1ncc(NC(=O)c2ccnc(C(C)(F)F)c2)cc1-c1cnc(OC(C)C)c(N2CCOCC2)c1. The Morgan fingerprint density at radius 1 is 1.14 bits per heavy atom. The van der Waals surface area contributed by atoms with Crippen LogP contribution in [-0.2, 0) is 10.7 Å². The Kier molecular flexibility index (Phi) is 7.44. The van der Waals surface area contributed by atoms with Gasteiger partial charge in [0, 0.05) is 54.8 Å². The Morgan fingerprint density at radius 3 is 2.58 bits per heavy atom. The number of alkyl halides is 2. The largest absolute Gasteiger partial charge is 0.473 e. The lowest BCUT2D eigenvalue weighted by Crippen LogP contribution is -2.36. The maximum atomic E-state index is 13.6. The third-order valence-corrected chi connectivity index (χ3v) is 5.66. The highest BCUT2D eigenvalue weighted by Gasteiger charge is 2.27. The predicted octanol–water partition coefficient (Wildman–Crippen LogP) is 4.83. The molecule has 0 aromatic carbocycles. The minimum Gasteiger partial charge on any atom is -0.473 e. The fraction of sp³-hybridized carbons (Fsp3) is 0.385. The summed E-state index contributed by atoms with van der Waals surface area (Å²) in [5, 5.41) is 2.74. The van der Waals surface area contributed by atoms with E-state index in [-0.39, 0.29) is 11.7 Å². The second kappa shape index (κ2) is 10.5. The molecule has 3 aromatic heterocycles. The smallest absolute Gasteiger partial charge is 0.286 e. The highest BCUT2D eigenvalue weighted by atomic mass is 19.3. The molecule has 190 valence electrons. The number of carbonyl (C=O) groups is 1. The number of aromatic nitrogens is 3. The van der Waals surface area contributed by atoms with Crippen LogP contribution in [0.2, 0.25) is 0 Å². The number of anilines is 2. The van der Waals surface area contributed by atoms with Crippen LogP contribution in [0.1, 0.15) is 42.5 Å². The van der Waals surface area contributed by atoms with Crippen molar-refractivity contribution in [1.29, 1.82) is 0 Å². The number of carbonyl (C=O) groups excluding carboxylic acids is 1. The van der Waals surface area contributed by atoms with E-state index in [1.165, 1.54) is 18.5 Å². The summed E-state index contributed by atoms with van der Waals surface area (Å²) in [5.41, 5.74) is 3.24. The first-order chi connectivity index (χ1) is 17.1. The standard InChI is InChI=1S/C26H29F2N5O3/c1-16(2)36-25-22(33-7-9-35-10-8-33)11-19(14-31-25)21-13-20(15-30-17(21)3)32-24(34)18-5-6-29-23(12-18)26(4,27)28/h5-6,11-16H,7-10H2,1-4H3,(H,32,34). The number of halogens is 2. The Morgan fingerprint density at radius 2 is 1.89 bits per heavy atom. The van der Waals surface area contributed by atoms with E-state index in [2.05, 4.69) is 25.2 Å². The number of pyridine rings is 3. The molecule has 0 saturated carbocycles. The summed E-state index contributed by atoms with van der Waals surface area (Å²) in [6, 6.07) is 6.27. The Balaban J connectivity index is 1.64. The average molecular weight is 498 g/mol. The van der Waals surface area contributed by atoms with Crippen molar-refractivity contribution in [3.63, 3.8) is 0 Å². The van der Waals surface area contributed by atoms with Gasteiger partial charge in [-0.25, -0.2) is 4.98 Å². The van der Waals surface area contributed by atoms with Crippen LogP contribution in [0.5, 0.6) is 5.88 Å².